The molecule has 6 heteroatoms. The Bertz CT molecular complexity index is 567. The lowest BCUT2D eigenvalue weighted by Crippen LogP contribution is -2.23. The van der Waals surface area contributed by atoms with E-state index in [2.05, 4.69) is 15.8 Å². The van der Waals surface area contributed by atoms with Gasteiger partial charge in [-0.05, 0) is 36.5 Å². The summed E-state index contributed by atoms with van der Waals surface area (Å²) < 4.78 is 10.2. The van der Waals surface area contributed by atoms with Gasteiger partial charge in [-0.25, -0.2) is 0 Å². The van der Waals surface area contributed by atoms with E-state index in [-0.39, 0.29) is 0 Å². The second kappa shape index (κ2) is 6.55. The summed E-state index contributed by atoms with van der Waals surface area (Å²) in [5.74, 6) is 1.41. The number of ether oxygens (including phenoxy) is 1. The van der Waals surface area contributed by atoms with Gasteiger partial charge < -0.3 is 14.5 Å². The Morgan fingerprint density at radius 3 is 3.00 bits per heavy atom. The standard InChI is InChI=1S/C13H13N3O2S/c1-17-11-5-2-4-10(8-11)15-13(19)16-14-9-12-6-3-7-18-12/h2-9H,1H3,(H2,15,16,19)/b14-9-. The Morgan fingerprint density at radius 2 is 2.26 bits per heavy atom. The van der Waals surface area contributed by atoms with E-state index in [0.29, 0.717) is 10.9 Å². The fourth-order valence-electron chi connectivity index (χ4n) is 1.38. The molecule has 0 bridgehead atoms. The van der Waals surface area contributed by atoms with E-state index >= 15 is 0 Å². The molecule has 2 aromatic rings. The number of hydrogen-bond acceptors (Lipinski definition) is 4. The Labute approximate surface area is 116 Å². The van der Waals surface area contributed by atoms with E-state index in [0.717, 1.165) is 11.4 Å². The number of benzene rings is 1. The third-order valence-electron chi connectivity index (χ3n) is 2.23. The van der Waals surface area contributed by atoms with Crippen LogP contribution in [-0.4, -0.2) is 18.4 Å². The molecule has 0 atom stereocenters. The molecule has 0 aliphatic carbocycles. The Kier molecular flexibility index (Phi) is 4.52. The number of rotatable bonds is 4. The van der Waals surface area contributed by atoms with Crippen molar-refractivity contribution in [3.8, 4) is 5.75 Å². The van der Waals surface area contributed by atoms with Gasteiger partial charge in [-0.3, -0.25) is 5.43 Å². The highest BCUT2D eigenvalue weighted by Gasteiger charge is 1.98. The Balaban J connectivity index is 1.87. The summed E-state index contributed by atoms with van der Waals surface area (Å²) in [4.78, 5) is 0. The van der Waals surface area contributed by atoms with Crippen LogP contribution in [0.15, 0.2) is 52.2 Å². The van der Waals surface area contributed by atoms with Gasteiger partial charge in [-0.2, -0.15) is 5.10 Å². The maximum atomic E-state index is 5.12. The topological polar surface area (TPSA) is 58.8 Å². The van der Waals surface area contributed by atoms with Gasteiger partial charge in [0.05, 0.1) is 19.6 Å². The summed E-state index contributed by atoms with van der Waals surface area (Å²) in [6.45, 7) is 0. The molecule has 2 rings (SSSR count). The summed E-state index contributed by atoms with van der Waals surface area (Å²) in [5.41, 5.74) is 3.52. The molecule has 0 spiro atoms. The summed E-state index contributed by atoms with van der Waals surface area (Å²) in [6, 6.07) is 11.0. The number of hydrogen-bond donors (Lipinski definition) is 2. The van der Waals surface area contributed by atoms with E-state index in [1.54, 1.807) is 31.7 Å². The minimum Gasteiger partial charge on any atom is -0.497 e. The first-order chi connectivity index (χ1) is 9.28. The van der Waals surface area contributed by atoms with Crippen LogP contribution in [0.4, 0.5) is 5.69 Å². The summed E-state index contributed by atoms with van der Waals surface area (Å²) in [5, 5.41) is 7.33. The van der Waals surface area contributed by atoms with Crippen LogP contribution >= 0.6 is 12.2 Å². The number of anilines is 1. The molecule has 1 aromatic carbocycles. The highest BCUT2D eigenvalue weighted by molar-refractivity contribution is 7.80. The summed E-state index contributed by atoms with van der Waals surface area (Å²) >= 11 is 5.10. The van der Waals surface area contributed by atoms with Crippen molar-refractivity contribution in [2.45, 2.75) is 0 Å². The molecule has 1 aromatic heterocycles. The monoisotopic (exact) mass is 275 g/mol. The summed E-state index contributed by atoms with van der Waals surface area (Å²) in [7, 11) is 1.61. The molecule has 0 unspecified atom stereocenters. The highest BCUT2D eigenvalue weighted by Crippen LogP contribution is 2.16. The predicted octanol–water partition coefficient (Wildman–Crippen LogP) is 2.61. The lowest BCUT2D eigenvalue weighted by atomic mass is 10.3. The number of thiocarbonyl (C=S) groups is 1. The Hall–Kier alpha value is -2.34. The number of nitrogens with zero attached hydrogens (tertiary/aromatic N) is 1. The maximum absolute atomic E-state index is 5.12. The van der Waals surface area contributed by atoms with Crippen molar-refractivity contribution in [3.05, 3.63) is 48.4 Å². The van der Waals surface area contributed by atoms with Gasteiger partial charge >= 0.3 is 0 Å². The quantitative estimate of drug-likeness (QED) is 0.510. The van der Waals surface area contributed by atoms with E-state index in [1.807, 2.05) is 24.3 Å². The molecule has 0 aliphatic heterocycles. The molecule has 0 radical (unpaired) electrons. The third kappa shape index (κ3) is 4.11. The number of hydrazone groups is 1. The van der Waals surface area contributed by atoms with Crippen molar-refractivity contribution < 1.29 is 9.15 Å². The van der Waals surface area contributed by atoms with E-state index in [4.69, 9.17) is 21.4 Å². The molecule has 0 saturated heterocycles. The minimum atomic E-state index is 0.385. The fourth-order valence-corrected chi connectivity index (χ4v) is 1.55. The molecule has 0 amide bonds. The summed E-state index contributed by atoms with van der Waals surface area (Å²) in [6.07, 6.45) is 3.12. The number of furan rings is 1. The molecule has 0 aliphatic rings. The lowest BCUT2D eigenvalue weighted by Gasteiger charge is -2.07. The molecular weight excluding hydrogens is 262 g/mol. The van der Waals surface area contributed by atoms with Gasteiger partial charge in [-0.15, -0.1) is 0 Å². The number of methoxy groups -OCH3 is 1. The highest BCUT2D eigenvalue weighted by atomic mass is 32.1. The van der Waals surface area contributed by atoms with Crippen LogP contribution in [0.1, 0.15) is 5.76 Å². The second-order valence-corrected chi connectivity index (χ2v) is 3.98. The van der Waals surface area contributed by atoms with Crippen LogP contribution in [0.5, 0.6) is 5.75 Å². The van der Waals surface area contributed by atoms with Crippen molar-refractivity contribution >= 4 is 29.2 Å². The maximum Gasteiger partial charge on any atom is 0.191 e. The molecule has 2 N–H and O–H groups in total. The SMILES string of the molecule is COc1cccc(NC(=S)N/N=C\c2ccco2)c1. The van der Waals surface area contributed by atoms with Crippen LogP contribution in [0, 0.1) is 0 Å². The fraction of sp³-hybridized carbons (Fsp3) is 0.0769. The van der Waals surface area contributed by atoms with E-state index in [1.165, 1.54) is 0 Å². The van der Waals surface area contributed by atoms with Crippen LogP contribution in [0.25, 0.3) is 0 Å². The molecule has 0 fully saturated rings. The zero-order valence-corrected chi connectivity index (χ0v) is 11.1. The van der Waals surface area contributed by atoms with Crippen LogP contribution in [0.3, 0.4) is 0 Å². The zero-order chi connectivity index (χ0) is 13.5. The van der Waals surface area contributed by atoms with Crippen molar-refractivity contribution in [2.75, 3.05) is 12.4 Å². The normalized spacial score (nSPS) is 10.4. The average Bonchev–Trinajstić information content (AvgIpc) is 2.92. The Morgan fingerprint density at radius 1 is 1.37 bits per heavy atom. The molecule has 19 heavy (non-hydrogen) atoms. The van der Waals surface area contributed by atoms with Gasteiger partial charge in [-0.1, -0.05) is 6.07 Å². The molecule has 0 saturated carbocycles. The third-order valence-corrected chi connectivity index (χ3v) is 2.42. The van der Waals surface area contributed by atoms with Gasteiger partial charge in [0.1, 0.15) is 11.5 Å². The van der Waals surface area contributed by atoms with Crippen LogP contribution < -0.4 is 15.5 Å². The molecule has 98 valence electrons. The van der Waals surface area contributed by atoms with Crippen molar-refractivity contribution in [1.82, 2.24) is 5.43 Å². The van der Waals surface area contributed by atoms with Crippen molar-refractivity contribution in [3.63, 3.8) is 0 Å². The second-order valence-electron chi connectivity index (χ2n) is 3.57. The number of nitrogens with one attached hydrogen (secondary N) is 2. The van der Waals surface area contributed by atoms with E-state index < -0.39 is 0 Å². The average molecular weight is 275 g/mol. The first kappa shape index (κ1) is 13.1. The lowest BCUT2D eigenvalue weighted by molar-refractivity contribution is 0.415. The first-order valence-electron chi connectivity index (χ1n) is 5.55. The smallest absolute Gasteiger partial charge is 0.191 e. The largest absolute Gasteiger partial charge is 0.497 e. The first-order valence-corrected chi connectivity index (χ1v) is 5.96. The van der Waals surface area contributed by atoms with Crippen molar-refractivity contribution in [1.29, 1.82) is 0 Å². The predicted molar refractivity (Wildman–Crippen MR) is 78.7 cm³/mol. The van der Waals surface area contributed by atoms with Gasteiger partial charge in [0.2, 0.25) is 0 Å². The van der Waals surface area contributed by atoms with Crippen LogP contribution in [-0.2, 0) is 0 Å². The molecule has 5 nitrogen and oxygen atoms in total. The van der Waals surface area contributed by atoms with E-state index in [9.17, 15) is 0 Å². The van der Waals surface area contributed by atoms with Crippen LogP contribution in [0.2, 0.25) is 0 Å². The van der Waals surface area contributed by atoms with Crippen molar-refractivity contribution in [2.24, 2.45) is 5.10 Å². The molecular formula is C13H13N3O2S. The zero-order valence-electron chi connectivity index (χ0n) is 10.3. The minimum absolute atomic E-state index is 0.385. The van der Waals surface area contributed by atoms with Gasteiger partial charge in [0.25, 0.3) is 0 Å². The van der Waals surface area contributed by atoms with Gasteiger partial charge in [0, 0.05) is 11.8 Å². The molecule has 1 heterocycles. The van der Waals surface area contributed by atoms with Gasteiger partial charge in [0.15, 0.2) is 5.11 Å².